The van der Waals surface area contributed by atoms with Crippen molar-refractivity contribution in [1.29, 1.82) is 0 Å². The average Bonchev–Trinajstić information content (AvgIpc) is 2.57. The Bertz CT molecular complexity index is 578. The van der Waals surface area contributed by atoms with E-state index in [1.54, 1.807) is 7.11 Å². The van der Waals surface area contributed by atoms with Gasteiger partial charge in [0, 0.05) is 18.7 Å². The molecule has 4 fully saturated rings. The zero-order chi connectivity index (χ0) is 16.6. The minimum Gasteiger partial charge on any atom is -0.496 e. The van der Waals surface area contributed by atoms with E-state index in [-0.39, 0.29) is 6.03 Å². The number of ether oxygens (including phenoxy) is 1. The number of rotatable bonds is 5. The molecule has 0 aliphatic heterocycles. The van der Waals surface area contributed by atoms with Crippen LogP contribution in [0.2, 0.25) is 0 Å². The van der Waals surface area contributed by atoms with E-state index in [4.69, 9.17) is 4.74 Å². The van der Waals surface area contributed by atoms with Gasteiger partial charge in [-0.2, -0.15) is 0 Å². The predicted octanol–water partition coefficient (Wildman–Crippen LogP) is 3.71. The van der Waals surface area contributed by atoms with Crippen LogP contribution in [0.25, 0.3) is 0 Å². The topological polar surface area (TPSA) is 50.4 Å². The van der Waals surface area contributed by atoms with Crippen molar-refractivity contribution in [3.05, 3.63) is 29.8 Å². The van der Waals surface area contributed by atoms with Crippen LogP contribution in [0.4, 0.5) is 4.79 Å². The molecule has 1 aromatic rings. The molecular weight excluding hydrogens is 300 g/mol. The van der Waals surface area contributed by atoms with Crippen molar-refractivity contribution < 1.29 is 9.53 Å². The Kier molecular flexibility index (Phi) is 4.15. The summed E-state index contributed by atoms with van der Waals surface area (Å²) < 4.78 is 5.33. The van der Waals surface area contributed by atoms with E-state index >= 15 is 0 Å². The molecule has 0 heterocycles. The van der Waals surface area contributed by atoms with Gasteiger partial charge >= 0.3 is 6.03 Å². The fourth-order valence-electron chi connectivity index (χ4n) is 5.86. The van der Waals surface area contributed by atoms with Gasteiger partial charge in [0.05, 0.1) is 7.11 Å². The Balaban J connectivity index is 1.29. The van der Waals surface area contributed by atoms with Gasteiger partial charge < -0.3 is 15.4 Å². The van der Waals surface area contributed by atoms with Crippen LogP contribution in [-0.2, 0) is 6.54 Å². The smallest absolute Gasteiger partial charge is 0.315 e. The summed E-state index contributed by atoms with van der Waals surface area (Å²) >= 11 is 0. The molecular formula is C20H28N2O2. The molecule has 0 unspecified atom stereocenters. The van der Waals surface area contributed by atoms with Crippen LogP contribution in [0.1, 0.15) is 44.1 Å². The number of benzene rings is 1. The SMILES string of the molecule is COc1ccccc1CNC(=O)NCC12CC3CC(CC(C3)C1)C2. The van der Waals surface area contributed by atoms with Gasteiger partial charge in [0.1, 0.15) is 5.75 Å². The Labute approximate surface area is 144 Å². The summed E-state index contributed by atoms with van der Waals surface area (Å²) in [7, 11) is 1.66. The molecule has 4 aliphatic carbocycles. The third-order valence-electron chi connectivity index (χ3n) is 6.42. The Morgan fingerprint density at radius 3 is 2.33 bits per heavy atom. The maximum absolute atomic E-state index is 12.2. The van der Waals surface area contributed by atoms with Crippen LogP contribution in [0, 0.1) is 23.2 Å². The first-order valence-electron chi connectivity index (χ1n) is 9.29. The summed E-state index contributed by atoms with van der Waals surface area (Å²) in [5.41, 5.74) is 1.39. The number of carbonyl (C=O) groups excluding carboxylic acids is 1. The number of methoxy groups -OCH3 is 1. The fraction of sp³-hybridized carbons (Fsp3) is 0.650. The minimum atomic E-state index is -0.0587. The Hall–Kier alpha value is -1.71. The Morgan fingerprint density at radius 2 is 1.71 bits per heavy atom. The highest BCUT2D eigenvalue weighted by atomic mass is 16.5. The summed E-state index contributed by atoms with van der Waals surface area (Å²) in [6, 6.07) is 7.75. The van der Waals surface area contributed by atoms with Crippen molar-refractivity contribution in [1.82, 2.24) is 10.6 Å². The number of carbonyl (C=O) groups is 1. The molecule has 4 bridgehead atoms. The van der Waals surface area contributed by atoms with Gasteiger partial charge in [-0.3, -0.25) is 0 Å². The molecule has 2 amide bonds. The molecule has 1 aromatic carbocycles. The van der Waals surface area contributed by atoms with Gasteiger partial charge in [-0.1, -0.05) is 18.2 Å². The lowest BCUT2D eigenvalue weighted by Gasteiger charge is -2.56. The van der Waals surface area contributed by atoms with Crippen molar-refractivity contribution in [2.45, 2.75) is 45.1 Å². The largest absolute Gasteiger partial charge is 0.496 e. The standard InChI is InChI=1S/C20H28N2O2/c1-24-18-5-3-2-4-17(18)12-21-19(23)22-13-20-9-14-6-15(10-20)8-16(7-14)11-20/h2-5,14-16H,6-13H2,1H3,(H2,21,22,23). The van der Waals surface area contributed by atoms with E-state index in [9.17, 15) is 4.79 Å². The van der Waals surface area contributed by atoms with Gasteiger partial charge in [-0.15, -0.1) is 0 Å². The zero-order valence-electron chi connectivity index (χ0n) is 14.5. The second-order valence-electron chi connectivity index (χ2n) is 8.27. The molecule has 0 radical (unpaired) electrons. The third kappa shape index (κ3) is 3.11. The van der Waals surface area contributed by atoms with E-state index in [1.807, 2.05) is 24.3 Å². The quantitative estimate of drug-likeness (QED) is 0.865. The van der Waals surface area contributed by atoms with Crippen molar-refractivity contribution in [3.8, 4) is 5.75 Å². The van der Waals surface area contributed by atoms with E-state index in [2.05, 4.69) is 10.6 Å². The zero-order valence-corrected chi connectivity index (χ0v) is 14.5. The van der Waals surface area contributed by atoms with Crippen LogP contribution in [0.3, 0.4) is 0 Å². The summed E-state index contributed by atoms with van der Waals surface area (Å²) in [6.07, 6.45) is 8.31. The number of hydrogen-bond donors (Lipinski definition) is 2. The number of hydrogen-bond acceptors (Lipinski definition) is 2. The molecule has 4 saturated carbocycles. The molecule has 0 saturated heterocycles. The highest BCUT2D eigenvalue weighted by Crippen LogP contribution is 2.59. The van der Waals surface area contributed by atoms with E-state index < -0.39 is 0 Å². The molecule has 0 aromatic heterocycles. The van der Waals surface area contributed by atoms with Crippen molar-refractivity contribution in [2.24, 2.45) is 23.2 Å². The minimum absolute atomic E-state index is 0.0587. The third-order valence-corrected chi connectivity index (χ3v) is 6.42. The van der Waals surface area contributed by atoms with E-state index in [0.29, 0.717) is 12.0 Å². The number of para-hydroxylation sites is 1. The molecule has 5 rings (SSSR count). The number of nitrogens with one attached hydrogen (secondary N) is 2. The summed E-state index contributed by atoms with van der Waals surface area (Å²) in [6.45, 7) is 1.34. The van der Waals surface area contributed by atoms with E-state index in [0.717, 1.165) is 35.6 Å². The van der Waals surface area contributed by atoms with Crippen LogP contribution in [0.5, 0.6) is 5.75 Å². The normalized spacial score (nSPS) is 33.3. The first kappa shape index (κ1) is 15.8. The maximum Gasteiger partial charge on any atom is 0.315 e. The molecule has 4 heteroatoms. The summed E-state index contributed by atoms with van der Waals surface area (Å²) in [5.74, 6) is 3.60. The first-order chi connectivity index (χ1) is 11.7. The summed E-state index contributed by atoms with van der Waals surface area (Å²) in [5, 5.41) is 6.13. The molecule has 0 spiro atoms. The molecule has 4 nitrogen and oxygen atoms in total. The Morgan fingerprint density at radius 1 is 1.08 bits per heavy atom. The first-order valence-corrected chi connectivity index (χ1v) is 9.29. The molecule has 130 valence electrons. The van der Waals surface area contributed by atoms with Crippen LogP contribution in [0.15, 0.2) is 24.3 Å². The molecule has 4 aliphatic rings. The lowest BCUT2D eigenvalue weighted by atomic mass is 9.49. The monoisotopic (exact) mass is 328 g/mol. The number of amides is 2. The van der Waals surface area contributed by atoms with Crippen molar-refractivity contribution in [2.75, 3.05) is 13.7 Å². The van der Waals surface area contributed by atoms with Crippen LogP contribution >= 0.6 is 0 Å². The van der Waals surface area contributed by atoms with Gasteiger partial charge in [0.2, 0.25) is 0 Å². The van der Waals surface area contributed by atoms with Crippen molar-refractivity contribution in [3.63, 3.8) is 0 Å². The second kappa shape index (κ2) is 6.30. The van der Waals surface area contributed by atoms with E-state index in [1.165, 1.54) is 38.5 Å². The van der Waals surface area contributed by atoms with Gasteiger partial charge in [-0.05, 0) is 67.8 Å². The molecule has 2 N–H and O–H groups in total. The van der Waals surface area contributed by atoms with Gasteiger partial charge in [0.25, 0.3) is 0 Å². The molecule has 24 heavy (non-hydrogen) atoms. The van der Waals surface area contributed by atoms with Gasteiger partial charge in [0.15, 0.2) is 0 Å². The predicted molar refractivity (Wildman–Crippen MR) is 93.8 cm³/mol. The average molecular weight is 328 g/mol. The lowest BCUT2D eigenvalue weighted by Crippen LogP contribution is -2.52. The second-order valence-corrected chi connectivity index (χ2v) is 8.27. The van der Waals surface area contributed by atoms with Gasteiger partial charge in [-0.25, -0.2) is 4.79 Å². The highest BCUT2D eigenvalue weighted by molar-refractivity contribution is 5.74. The maximum atomic E-state index is 12.2. The van der Waals surface area contributed by atoms with Crippen molar-refractivity contribution >= 4 is 6.03 Å². The fourth-order valence-corrected chi connectivity index (χ4v) is 5.86. The summed E-state index contributed by atoms with van der Waals surface area (Å²) in [4.78, 5) is 12.2. The van der Waals surface area contributed by atoms with Crippen LogP contribution in [-0.4, -0.2) is 19.7 Å². The highest BCUT2D eigenvalue weighted by Gasteiger charge is 2.50. The molecule has 0 atom stereocenters. The number of urea groups is 1. The lowest BCUT2D eigenvalue weighted by molar-refractivity contribution is -0.0498. The van der Waals surface area contributed by atoms with Crippen LogP contribution < -0.4 is 15.4 Å².